The van der Waals surface area contributed by atoms with Crippen LogP contribution >= 0.6 is 0 Å². The van der Waals surface area contributed by atoms with Gasteiger partial charge in [0.05, 0.1) is 11.3 Å². The number of halogens is 3. The Hall–Kier alpha value is -2.88. The van der Waals surface area contributed by atoms with Crippen molar-refractivity contribution in [1.82, 2.24) is 5.32 Å². The second kappa shape index (κ2) is 8.24. The summed E-state index contributed by atoms with van der Waals surface area (Å²) in [5, 5.41) is 5.31. The number of nitrogens with one attached hydrogen (secondary N) is 2. The van der Waals surface area contributed by atoms with Crippen molar-refractivity contribution in [2.24, 2.45) is 4.40 Å². The Labute approximate surface area is 165 Å². The number of rotatable bonds is 6. The zero-order valence-corrected chi connectivity index (χ0v) is 16.0. The highest BCUT2D eigenvalue weighted by molar-refractivity contribution is 7.90. The molecule has 0 unspecified atom stereocenters. The van der Waals surface area contributed by atoms with Crippen LogP contribution in [0.25, 0.3) is 0 Å². The number of hydrogen-bond acceptors (Lipinski definition) is 4. The molecule has 3 rings (SSSR count). The molecule has 154 valence electrons. The maximum Gasteiger partial charge on any atom is 0.416 e. The van der Waals surface area contributed by atoms with Gasteiger partial charge in [-0.25, -0.2) is 0 Å². The molecular weight excluding hydrogens is 407 g/mol. The minimum atomic E-state index is -4.60. The van der Waals surface area contributed by atoms with Crippen LogP contribution in [0, 0.1) is 0 Å². The number of sulfonamides is 1. The molecule has 6 nitrogen and oxygen atoms in total. The first-order valence-electron chi connectivity index (χ1n) is 8.78. The average molecular weight is 425 g/mol. The molecule has 1 amide bonds. The smallest absolute Gasteiger partial charge is 0.356 e. The van der Waals surface area contributed by atoms with E-state index >= 15 is 0 Å². The molecule has 0 bridgehead atoms. The van der Waals surface area contributed by atoms with Crippen molar-refractivity contribution in [2.75, 3.05) is 11.9 Å². The van der Waals surface area contributed by atoms with Gasteiger partial charge < -0.3 is 10.6 Å². The van der Waals surface area contributed by atoms with Crippen LogP contribution < -0.4 is 10.6 Å². The third-order valence-electron chi connectivity index (χ3n) is 4.26. The van der Waals surface area contributed by atoms with E-state index in [1.165, 1.54) is 0 Å². The van der Waals surface area contributed by atoms with E-state index in [0.717, 1.165) is 17.7 Å². The van der Waals surface area contributed by atoms with Gasteiger partial charge in [0.25, 0.3) is 10.0 Å². The third-order valence-corrected chi connectivity index (χ3v) is 5.63. The maximum atomic E-state index is 12.9. The Morgan fingerprint density at radius 1 is 1.07 bits per heavy atom. The largest absolute Gasteiger partial charge is 0.416 e. The second-order valence-corrected chi connectivity index (χ2v) is 8.00. The topological polar surface area (TPSA) is 87.6 Å². The van der Waals surface area contributed by atoms with Crippen LogP contribution in [0.5, 0.6) is 0 Å². The minimum absolute atomic E-state index is 0.0495. The standard InChI is InChI=1S/C19H18F3N3O3S/c20-19(21,22)14-6-7-16-15(12-14)24-17(25-29(16,27)28)8-9-18(26)23-11-10-13-4-2-1-3-5-13/h1-7,12H,8-11H2,(H,23,26)(H,24,25). The molecule has 1 heterocycles. The van der Waals surface area contributed by atoms with Crippen LogP contribution in [-0.2, 0) is 27.4 Å². The fourth-order valence-corrected chi connectivity index (χ4v) is 3.97. The fourth-order valence-electron chi connectivity index (χ4n) is 2.82. The highest BCUT2D eigenvalue weighted by Gasteiger charge is 2.33. The van der Waals surface area contributed by atoms with Gasteiger partial charge in [-0.15, -0.1) is 4.40 Å². The molecule has 0 atom stereocenters. The molecule has 0 fully saturated rings. The third kappa shape index (κ3) is 5.35. The van der Waals surface area contributed by atoms with E-state index in [2.05, 4.69) is 15.0 Å². The zero-order chi connectivity index (χ0) is 21.1. The van der Waals surface area contributed by atoms with Crippen molar-refractivity contribution in [3.63, 3.8) is 0 Å². The van der Waals surface area contributed by atoms with E-state index in [4.69, 9.17) is 0 Å². The number of anilines is 1. The lowest BCUT2D eigenvalue weighted by atomic mass is 10.1. The normalized spacial score (nSPS) is 15.1. The van der Waals surface area contributed by atoms with E-state index < -0.39 is 21.8 Å². The van der Waals surface area contributed by atoms with Crippen molar-refractivity contribution in [3.8, 4) is 0 Å². The average Bonchev–Trinajstić information content (AvgIpc) is 2.65. The van der Waals surface area contributed by atoms with Gasteiger partial charge in [-0.05, 0) is 30.2 Å². The van der Waals surface area contributed by atoms with E-state index in [1.807, 2.05) is 30.3 Å². The van der Waals surface area contributed by atoms with E-state index in [1.54, 1.807) is 0 Å². The quantitative estimate of drug-likeness (QED) is 0.743. The predicted molar refractivity (Wildman–Crippen MR) is 102 cm³/mol. The Kier molecular flexibility index (Phi) is 5.92. The molecule has 1 aliphatic heterocycles. The first-order valence-corrected chi connectivity index (χ1v) is 10.2. The van der Waals surface area contributed by atoms with Crippen LogP contribution in [0.15, 0.2) is 57.8 Å². The summed E-state index contributed by atoms with van der Waals surface area (Å²) < 4.78 is 66.6. The van der Waals surface area contributed by atoms with Gasteiger partial charge in [-0.2, -0.15) is 21.6 Å². The van der Waals surface area contributed by atoms with Gasteiger partial charge in [-0.3, -0.25) is 4.79 Å². The number of nitrogens with zero attached hydrogens (tertiary/aromatic N) is 1. The molecule has 0 saturated carbocycles. The molecule has 0 aromatic heterocycles. The SMILES string of the molecule is O=C(CCC1=NS(=O)(=O)c2ccc(C(F)(F)F)cc2N1)NCCc1ccccc1. The lowest BCUT2D eigenvalue weighted by Gasteiger charge is -2.19. The number of alkyl halides is 3. The highest BCUT2D eigenvalue weighted by atomic mass is 32.2. The van der Waals surface area contributed by atoms with Gasteiger partial charge in [-0.1, -0.05) is 30.3 Å². The van der Waals surface area contributed by atoms with Crippen LogP contribution in [0.3, 0.4) is 0 Å². The van der Waals surface area contributed by atoms with Crippen molar-refractivity contribution in [3.05, 3.63) is 59.7 Å². The molecule has 2 aromatic rings. The second-order valence-electron chi connectivity index (χ2n) is 6.43. The first kappa shape index (κ1) is 20.8. The van der Waals surface area contributed by atoms with Gasteiger partial charge in [0, 0.05) is 19.4 Å². The molecular formula is C19H18F3N3O3S. The predicted octanol–water partition coefficient (Wildman–Crippen LogP) is 3.36. The molecule has 0 radical (unpaired) electrons. The van der Waals surface area contributed by atoms with Crippen LogP contribution in [0.4, 0.5) is 18.9 Å². The summed E-state index contributed by atoms with van der Waals surface area (Å²) in [6.07, 6.45) is -4.06. The molecule has 10 heteroatoms. The minimum Gasteiger partial charge on any atom is -0.356 e. The van der Waals surface area contributed by atoms with Gasteiger partial charge in [0.15, 0.2) is 0 Å². The molecule has 0 saturated heterocycles. The Morgan fingerprint density at radius 2 is 1.79 bits per heavy atom. The van der Waals surface area contributed by atoms with Crippen molar-refractivity contribution < 1.29 is 26.4 Å². The molecule has 0 spiro atoms. The van der Waals surface area contributed by atoms with Gasteiger partial charge in [0.1, 0.15) is 10.7 Å². The fraction of sp³-hybridized carbons (Fsp3) is 0.263. The summed E-state index contributed by atoms with van der Waals surface area (Å²) in [7, 11) is -4.13. The van der Waals surface area contributed by atoms with Crippen molar-refractivity contribution in [1.29, 1.82) is 0 Å². The summed E-state index contributed by atoms with van der Waals surface area (Å²) in [6.45, 7) is 0.416. The number of benzene rings is 2. The summed E-state index contributed by atoms with van der Waals surface area (Å²) in [4.78, 5) is 11.6. The van der Waals surface area contributed by atoms with Crippen LogP contribution in [0.2, 0.25) is 0 Å². The molecule has 2 N–H and O–H groups in total. The highest BCUT2D eigenvalue weighted by Crippen LogP contribution is 2.35. The molecule has 0 aliphatic carbocycles. The summed E-state index contributed by atoms with van der Waals surface area (Å²) >= 11 is 0. The maximum absolute atomic E-state index is 12.9. The van der Waals surface area contributed by atoms with Crippen LogP contribution in [-0.4, -0.2) is 26.7 Å². The number of carbonyl (C=O) groups excluding carboxylic acids is 1. The van der Waals surface area contributed by atoms with Crippen LogP contribution in [0.1, 0.15) is 24.0 Å². The van der Waals surface area contributed by atoms with E-state index in [0.29, 0.717) is 19.0 Å². The summed E-state index contributed by atoms with van der Waals surface area (Å²) in [5.74, 6) is -0.382. The van der Waals surface area contributed by atoms with Crippen molar-refractivity contribution in [2.45, 2.75) is 30.3 Å². The number of amides is 1. The monoisotopic (exact) mass is 425 g/mol. The van der Waals surface area contributed by atoms with Gasteiger partial charge >= 0.3 is 6.18 Å². The Morgan fingerprint density at radius 3 is 2.48 bits per heavy atom. The molecule has 1 aliphatic rings. The Bertz CT molecular complexity index is 1040. The van der Waals surface area contributed by atoms with E-state index in [-0.39, 0.29) is 35.2 Å². The van der Waals surface area contributed by atoms with Gasteiger partial charge in [0.2, 0.25) is 5.91 Å². The Balaban J connectivity index is 1.59. The molecule has 29 heavy (non-hydrogen) atoms. The molecule has 2 aromatic carbocycles. The number of amidine groups is 1. The number of carbonyl (C=O) groups is 1. The summed E-state index contributed by atoms with van der Waals surface area (Å²) in [6, 6.07) is 11.8. The number of fused-ring (bicyclic) bond motifs is 1. The van der Waals surface area contributed by atoms with E-state index in [9.17, 15) is 26.4 Å². The number of hydrogen-bond donors (Lipinski definition) is 2. The van der Waals surface area contributed by atoms with Crippen molar-refractivity contribution >= 4 is 27.5 Å². The lowest BCUT2D eigenvalue weighted by Crippen LogP contribution is -2.28. The first-order chi connectivity index (χ1) is 13.6. The summed E-state index contributed by atoms with van der Waals surface area (Å²) in [5.41, 5.74) is -0.109. The zero-order valence-electron chi connectivity index (χ0n) is 15.2. The lowest BCUT2D eigenvalue weighted by molar-refractivity contribution is -0.137.